The molecule has 0 unspecified atom stereocenters. The van der Waals surface area contributed by atoms with Crippen molar-refractivity contribution < 1.29 is 4.57 Å². The van der Waals surface area contributed by atoms with Gasteiger partial charge in [0.15, 0.2) is 7.14 Å². The van der Waals surface area contributed by atoms with Gasteiger partial charge in [0.2, 0.25) is 0 Å². The van der Waals surface area contributed by atoms with Gasteiger partial charge in [0.05, 0.1) is 0 Å². The molecule has 0 aliphatic rings. The summed E-state index contributed by atoms with van der Waals surface area (Å²) in [6.45, 7) is 2.21. The van der Waals surface area contributed by atoms with Gasteiger partial charge in [0.1, 0.15) is 0 Å². The first-order valence-corrected chi connectivity index (χ1v) is 14.0. The van der Waals surface area contributed by atoms with Gasteiger partial charge >= 0.3 is 0 Å². The fourth-order valence-electron chi connectivity index (χ4n) is 4.19. The van der Waals surface area contributed by atoms with Crippen molar-refractivity contribution in [1.82, 2.24) is 0 Å². The van der Waals surface area contributed by atoms with Gasteiger partial charge in [-0.15, -0.1) is 0 Å². The highest BCUT2D eigenvalue weighted by molar-refractivity contribution is 7.92. The van der Waals surface area contributed by atoms with E-state index in [1.54, 1.807) is 0 Å². The molecule has 0 spiro atoms. The molecule has 0 amide bonds. The van der Waals surface area contributed by atoms with Gasteiger partial charge in [0, 0.05) is 16.0 Å². The molecule has 31 heavy (non-hydrogen) atoms. The second kappa shape index (κ2) is 10.2. The summed E-state index contributed by atoms with van der Waals surface area (Å²) in [5.41, 5.74) is 0. The van der Waals surface area contributed by atoms with Crippen LogP contribution >= 0.6 is 15.1 Å². The van der Waals surface area contributed by atoms with Crippen LogP contribution in [0.1, 0.15) is 19.8 Å². The van der Waals surface area contributed by atoms with Gasteiger partial charge in [-0.1, -0.05) is 135 Å². The van der Waals surface area contributed by atoms with Gasteiger partial charge in [-0.05, 0) is 25.0 Å². The fourth-order valence-corrected chi connectivity index (χ4v) is 12.4. The highest BCUT2D eigenvalue weighted by Gasteiger charge is 2.41. The summed E-state index contributed by atoms with van der Waals surface area (Å²) in [4.78, 5) is 0. The van der Waals surface area contributed by atoms with Crippen LogP contribution < -0.4 is 21.2 Å². The smallest absolute Gasteiger partial charge is 0.150 e. The number of rotatable bonds is 8. The van der Waals surface area contributed by atoms with E-state index >= 15 is 4.57 Å². The quantitative estimate of drug-likeness (QED) is 0.295. The number of hydrogen-bond acceptors (Lipinski definition) is 1. The predicted molar refractivity (Wildman–Crippen MR) is 138 cm³/mol. The van der Waals surface area contributed by atoms with Crippen LogP contribution in [0.2, 0.25) is 0 Å². The molecule has 1 atom stereocenters. The monoisotopic (exact) mass is 442 g/mol. The van der Waals surface area contributed by atoms with Crippen LogP contribution in [-0.4, -0.2) is 5.40 Å². The standard InChI is InChI=1S/C28H28OP2/c1-2-15-28(30(24-16-7-3-8-17-24)25-18-9-4-10-19-25)31(29,26-20-11-5-12-21-26)27-22-13-6-14-23-27/h3-14,16-23,28H,2,15H2,1H3/t28-/m1/s1. The molecule has 0 aliphatic heterocycles. The topological polar surface area (TPSA) is 17.1 Å². The van der Waals surface area contributed by atoms with E-state index in [-0.39, 0.29) is 5.40 Å². The van der Waals surface area contributed by atoms with Crippen molar-refractivity contribution >= 4 is 36.3 Å². The summed E-state index contributed by atoms with van der Waals surface area (Å²) in [5, 5.41) is 4.52. The van der Waals surface area contributed by atoms with Crippen molar-refractivity contribution in [1.29, 1.82) is 0 Å². The van der Waals surface area contributed by atoms with E-state index in [2.05, 4.69) is 91.9 Å². The van der Waals surface area contributed by atoms with Crippen LogP contribution in [0.5, 0.6) is 0 Å². The van der Waals surface area contributed by atoms with E-state index in [0.29, 0.717) is 0 Å². The minimum atomic E-state index is -2.91. The van der Waals surface area contributed by atoms with Crippen LogP contribution in [-0.2, 0) is 4.57 Å². The molecule has 0 saturated heterocycles. The van der Waals surface area contributed by atoms with Crippen LogP contribution in [0, 0.1) is 0 Å². The summed E-state index contributed by atoms with van der Waals surface area (Å²) in [5.74, 6) is 0. The Hall–Kier alpha value is -2.46. The number of hydrogen-bond donors (Lipinski definition) is 0. The molecule has 0 radical (unpaired) electrons. The first-order valence-electron chi connectivity index (χ1n) is 10.9. The molecule has 0 fully saturated rings. The van der Waals surface area contributed by atoms with Crippen molar-refractivity contribution in [3.63, 3.8) is 0 Å². The van der Waals surface area contributed by atoms with Gasteiger partial charge in [-0.3, -0.25) is 0 Å². The third-order valence-electron chi connectivity index (χ3n) is 5.61. The molecule has 0 heterocycles. The highest BCUT2D eigenvalue weighted by Crippen LogP contribution is 2.63. The molecule has 1 nitrogen and oxygen atoms in total. The zero-order chi connectivity index (χ0) is 21.5. The lowest BCUT2D eigenvalue weighted by Crippen LogP contribution is -2.30. The molecule has 0 bridgehead atoms. The minimum absolute atomic E-state index is 0.0297. The van der Waals surface area contributed by atoms with Crippen LogP contribution in [0.25, 0.3) is 0 Å². The van der Waals surface area contributed by atoms with E-state index in [4.69, 9.17) is 0 Å². The van der Waals surface area contributed by atoms with Gasteiger partial charge in [-0.2, -0.15) is 0 Å². The average molecular weight is 442 g/mol. The Labute approximate surface area is 187 Å². The Morgan fingerprint density at radius 2 is 0.968 bits per heavy atom. The Morgan fingerprint density at radius 3 is 1.32 bits per heavy atom. The molecule has 0 saturated carbocycles. The van der Waals surface area contributed by atoms with E-state index in [9.17, 15) is 0 Å². The zero-order valence-electron chi connectivity index (χ0n) is 17.8. The van der Waals surface area contributed by atoms with E-state index < -0.39 is 15.1 Å². The first-order chi connectivity index (χ1) is 15.2. The van der Waals surface area contributed by atoms with E-state index in [1.807, 2.05) is 36.4 Å². The van der Waals surface area contributed by atoms with Crippen molar-refractivity contribution in [3.8, 4) is 0 Å². The van der Waals surface area contributed by atoms with Gasteiger partial charge < -0.3 is 4.57 Å². The maximum absolute atomic E-state index is 15.3. The number of benzene rings is 4. The van der Waals surface area contributed by atoms with Crippen LogP contribution in [0.15, 0.2) is 121 Å². The highest BCUT2D eigenvalue weighted by atomic mass is 31.2. The van der Waals surface area contributed by atoms with Crippen molar-refractivity contribution in [2.45, 2.75) is 25.2 Å². The molecule has 0 N–H and O–H groups in total. The molecule has 4 aromatic carbocycles. The third kappa shape index (κ3) is 4.59. The van der Waals surface area contributed by atoms with Crippen LogP contribution in [0.4, 0.5) is 0 Å². The Bertz CT molecular complexity index is 1030. The molecule has 156 valence electrons. The third-order valence-corrected chi connectivity index (χ3v) is 13.1. The second-order valence-corrected chi connectivity index (χ2v) is 13.4. The lowest BCUT2D eigenvalue weighted by molar-refractivity contribution is 0.582. The largest absolute Gasteiger partial charge is 0.313 e. The molecule has 0 aromatic heterocycles. The normalized spacial score (nSPS) is 12.6. The van der Waals surface area contributed by atoms with Crippen molar-refractivity contribution in [2.24, 2.45) is 0 Å². The van der Waals surface area contributed by atoms with Crippen LogP contribution in [0.3, 0.4) is 0 Å². The first kappa shape index (κ1) is 21.8. The summed E-state index contributed by atoms with van der Waals surface area (Å²) in [6, 6.07) is 41.7. The minimum Gasteiger partial charge on any atom is -0.313 e. The van der Waals surface area contributed by atoms with Crippen molar-refractivity contribution in [2.75, 3.05) is 0 Å². The van der Waals surface area contributed by atoms with Gasteiger partial charge in [-0.25, -0.2) is 0 Å². The fraction of sp³-hybridized carbons (Fsp3) is 0.143. The predicted octanol–water partition coefficient (Wildman–Crippen LogP) is 6.26. The lowest BCUT2D eigenvalue weighted by atomic mass is 10.4. The molecule has 0 aliphatic carbocycles. The van der Waals surface area contributed by atoms with Gasteiger partial charge in [0.25, 0.3) is 0 Å². The molecular formula is C28H28OP2. The van der Waals surface area contributed by atoms with E-state index in [0.717, 1.165) is 23.5 Å². The lowest BCUT2D eigenvalue weighted by Gasteiger charge is -2.35. The van der Waals surface area contributed by atoms with Crippen molar-refractivity contribution in [3.05, 3.63) is 121 Å². The summed E-state index contributed by atoms with van der Waals surface area (Å²) >= 11 is 0. The SMILES string of the molecule is CCC[C@H](P(c1ccccc1)c1ccccc1)P(=O)(c1ccccc1)c1ccccc1. The molecule has 3 heteroatoms. The Kier molecular flexibility index (Phi) is 7.18. The summed E-state index contributed by atoms with van der Waals surface area (Å²) in [6.07, 6.45) is 1.91. The molecule has 4 rings (SSSR count). The maximum Gasteiger partial charge on any atom is 0.150 e. The molecular weight excluding hydrogens is 414 g/mol. The van der Waals surface area contributed by atoms with E-state index in [1.165, 1.54) is 10.6 Å². The Balaban J connectivity index is 1.98. The maximum atomic E-state index is 15.3. The summed E-state index contributed by atoms with van der Waals surface area (Å²) < 4.78 is 15.3. The zero-order valence-corrected chi connectivity index (χ0v) is 19.6. The second-order valence-electron chi connectivity index (χ2n) is 7.64. The Morgan fingerprint density at radius 1 is 0.613 bits per heavy atom. The summed E-state index contributed by atoms with van der Waals surface area (Å²) in [7, 11) is -3.73. The molecule has 4 aromatic rings. The average Bonchev–Trinajstić information content (AvgIpc) is 2.86.